The molecule has 6 unspecified atom stereocenters. The predicted molar refractivity (Wildman–Crippen MR) is 447 cm³/mol. The molecule has 38 nitrogen and oxygen atoms in total. The van der Waals surface area contributed by atoms with Gasteiger partial charge in [0.05, 0.1) is 90.1 Å². The second-order valence-electron chi connectivity index (χ2n) is 36.3. The lowest BCUT2D eigenvalue weighted by Crippen LogP contribution is -2.66. The lowest BCUT2D eigenvalue weighted by molar-refractivity contribution is -0.286. The van der Waals surface area contributed by atoms with Crippen LogP contribution < -0.4 is 77.7 Å². The number of alkyl halides is 2. The van der Waals surface area contributed by atoms with E-state index in [1.54, 1.807) is 13.8 Å². The molecule has 11 bridgehead atoms. The summed E-state index contributed by atoms with van der Waals surface area (Å²) in [4.78, 5) is 133. The molecular weight excluding hydrogens is 1700 g/mol. The number of aliphatic hydroxyl groups excluding tert-OH is 9. The summed E-state index contributed by atoms with van der Waals surface area (Å²) in [5.41, 5.74) is 10.9. The van der Waals surface area contributed by atoms with Gasteiger partial charge < -0.3 is 133 Å². The number of carbonyl (C=O) groups excluding carboxylic acids is 8. The summed E-state index contributed by atoms with van der Waals surface area (Å²) in [7, 11) is -2.60. The Morgan fingerprint density at radius 2 is 1.36 bits per heavy atom. The number of nitrogens with one attached hydrogen (secondary N) is 9. The maximum absolute atomic E-state index is 16.5. The number of carboxylic acids is 1. The number of ether oxygens (including phenoxy) is 6. The van der Waals surface area contributed by atoms with Crippen LogP contribution in [0.1, 0.15) is 168 Å². The molecule has 125 heavy (non-hydrogen) atoms. The fourth-order valence-electron chi connectivity index (χ4n) is 19.7. The molecule has 700 valence electrons. The van der Waals surface area contributed by atoms with Crippen molar-refractivity contribution in [1.82, 2.24) is 47.3 Å². The number of likely N-dealkylation sites (N-methyl/N-ethyl adjacent to an activating group) is 1. The molecule has 2 saturated heterocycles. The molecule has 0 aromatic heterocycles. The molecule has 11 aliphatic rings. The molecule has 0 radical (unpaired) electrons. The number of sulfonamides is 1. The SMILES string of the molecule is CCCCCOc1ccc(S(=O)(=O)NCC(=O)CCCNCC2C(O)CC3C(C4C[C@H](CC[C@H]4O)[C@H]4NC(=O)[C@@H]5NC(=O)[C@H](CC(N)=O)NC(=O)[C@H](NC(=O)[C@@H](CC(C)C)NC)[C@H](O)[C@H]6CC[C@@H](Oc7cc5cc(c7O[C@@H]5C[C@H](CO)[C@@H](O)[C@H](O)[C@H]5O[C@H]5C[C@](C)(N)[C@H](O)[C@H](C)O5)O[C@@H]5CC[C@@H](CC5Cl)[C@@H](O)[C@H](NC4=O)C(=O)N[C@@H]3C(=O)O)[C@H](Cl)C6)[C@H]2O)cc1. The highest BCUT2D eigenvalue weighted by atomic mass is 35.5. The Labute approximate surface area is 736 Å². The third-order valence-corrected chi connectivity index (χ3v) is 29.1. The predicted octanol–water partition coefficient (Wildman–Crippen LogP) is -1.75. The lowest BCUT2D eigenvalue weighted by Gasteiger charge is -2.51. The largest absolute Gasteiger partial charge is 0.494 e. The van der Waals surface area contributed by atoms with Gasteiger partial charge in [0, 0.05) is 43.4 Å². The summed E-state index contributed by atoms with van der Waals surface area (Å²) in [6.45, 7) is 7.98. The van der Waals surface area contributed by atoms with Crippen LogP contribution in [0.15, 0.2) is 41.3 Å². The Morgan fingerprint density at radius 3 is 1.97 bits per heavy atom. The molecule has 6 heterocycles. The van der Waals surface area contributed by atoms with Gasteiger partial charge >= 0.3 is 5.97 Å². The average Bonchev–Trinajstić information content (AvgIpc) is 0.722. The molecule has 5 aliphatic carbocycles. The van der Waals surface area contributed by atoms with Gasteiger partial charge in [0.1, 0.15) is 78.3 Å². The second kappa shape index (κ2) is 43.2. The van der Waals surface area contributed by atoms with E-state index in [4.69, 9.17) is 63.1 Å². The van der Waals surface area contributed by atoms with E-state index in [1.165, 1.54) is 43.4 Å². The number of unbranched alkanes of at least 4 members (excludes halogenated alkanes) is 2. The van der Waals surface area contributed by atoms with Crippen molar-refractivity contribution in [3.8, 4) is 23.0 Å². The minimum Gasteiger partial charge on any atom is -0.494 e. The standard InChI is InChI=1S/C84H127Cl2N11O27S/c1-7-8-9-23-119-45-15-17-46(18-16-45)125(117,118)91-34-44(99)11-10-22-90-35-49-55(101)31-48-63(72(49)106)47-25-39(12-19-54(47)100)64-79(111)97-68(82(114)95-66(48)83(115)116)70(104)41-14-21-57(51(86)27-41)122-59-29-42-28-58(74(59)123-60-30-43(36-98)71(105)73(107)75(60)124-62-33-84(5,88)76(108)38(4)120-62)121-56-20-13-40(26-50(56)85)69(103)67(96-77(109)52(89-6)24-37(2)3)81(113)92-53(32-61(87)102)78(110)93-65(42)80(112)94-64/h15-18,28-29,37-41,43,47-57,60,62-73,75-76,89-91,98,100-101,103-108H,7-14,19-27,30-36,88H2,1-6H3,(H2,87,102)(H,92,113)(H,93,110)(H,94,112)(H,95,114)(H,96,109)(H,97,111)(H,115,116)/t38-,39-,40-,41-,43+,47?,48?,49?,50+,51?,52+,53-,54+,55?,56+,57+,60+,62-,63?,64+,65+,66-,67+,68-,69+,70+,71+,72-,73-,75-,76+,84-/m0/s1. The topological polar surface area (TPSA) is 606 Å². The molecular formula is C84H127Cl2N11O27S. The average molecular weight is 1830 g/mol. The first-order chi connectivity index (χ1) is 59.2. The van der Waals surface area contributed by atoms with Crippen LogP contribution in [0.2, 0.25) is 0 Å². The Bertz CT molecular complexity index is 4200. The quantitative estimate of drug-likeness (QED) is 0.0332. The number of amides is 7. The molecule has 32 atom stereocenters. The van der Waals surface area contributed by atoms with E-state index in [-0.39, 0.29) is 137 Å². The Morgan fingerprint density at radius 1 is 0.720 bits per heavy atom. The van der Waals surface area contributed by atoms with E-state index in [0.717, 1.165) is 19.3 Å². The maximum Gasteiger partial charge on any atom is 0.326 e. The number of carboxylic acid groups (broad SMARTS) is 1. The maximum atomic E-state index is 16.5. The fourth-order valence-corrected chi connectivity index (χ4v) is 21.6. The number of aliphatic carboxylic acids is 1. The molecule has 2 aromatic carbocycles. The van der Waals surface area contributed by atoms with Crippen molar-refractivity contribution in [2.24, 2.45) is 64.7 Å². The van der Waals surface area contributed by atoms with Crippen molar-refractivity contribution >= 4 is 86.3 Å². The number of primary amides is 1. The number of fused-ring (bicyclic) bond motifs is 15. The number of halogens is 2. The fraction of sp³-hybridized carbons (Fsp3) is 0.750. The van der Waals surface area contributed by atoms with Gasteiger partial charge in [0.2, 0.25) is 57.1 Å². The van der Waals surface area contributed by atoms with Crippen molar-refractivity contribution in [3.05, 3.63) is 42.0 Å². The normalized spacial score (nSPS) is 37.5. The highest BCUT2D eigenvalue weighted by molar-refractivity contribution is 7.89. The lowest BCUT2D eigenvalue weighted by atomic mass is 9.58. The van der Waals surface area contributed by atoms with Gasteiger partial charge in [-0.05, 0) is 201 Å². The molecule has 0 spiro atoms. The molecule has 6 aliphatic heterocycles. The zero-order chi connectivity index (χ0) is 91.0. The van der Waals surface area contributed by atoms with Gasteiger partial charge in [-0.3, -0.25) is 38.4 Å². The van der Waals surface area contributed by atoms with E-state index in [9.17, 15) is 78.7 Å². The Balaban J connectivity index is 0.987. The summed E-state index contributed by atoms with van der Waals surface area (Å²) >= 11 is 14.9. The Kier molecular flexibility index (Phi) is 34.0. The molecule has 13 rings (SSSR count). The number of carbonyl (C=O) groups is 9. The third kappa shape index (κ3) is 23.8. The van der Waals surface area contributed by atoms with Gasteiger partial charge in [-0.15, -0.1) is 23.2 Å². The number of ketones is 1. The van der Waals surface area contributed by atoms with Crippen molar-refractivity contribution in [2.45, 2.75) is 306 Å². The summed E-state index contributed by atoms with van der Waals surface area (Å²) < 4.78 is 68.3. The van der Waals surface area contributed by atoms with E-state index >= 15 is 24.0 Å². The zero-order valence-corrected chi connectivity index (χ0v) is 73.5. The van der Waals surface area contributed by atoms with Crippen molar-refractivity contribution in [3.63, 3.8) is 0 Å². The molecule has 7 fully saturated rings. The van der Waals surface area contributed by atoms with Crippen molar-refractivity contribution in [1.29, 1.82) is 0 Å². The first-order valence-corrected chi connectivity index (χ1v) is 46.1. The highest BCUT2D eigenvalue weighted by Gasteiger charge is 2.57. The number of rotatable bonds is 28. The summed E-state index contributed by atoms with van der Waals surface area (Å²) in [6.07, 6.45) is -20.7. The van der Waals surface area contributed by atoms with Crippen LogP contribution in [-0.2, 0) is 62.6 Å². The minimum atomic E-state index is -4.11. The number of hydrogen-bond donors (Lipinski definition) is 21. The van der Waals surface area contributed by atoms with Crippen LogP contribution in [0.25, 0.3) is 0 Å². The van der Waals surface area contributed by atoms with Crippen molar-refractivity contribution < 1.29 is 131 Å². The molecule has 23 N–H and O–H groups in total. The van der Waals surface area contributed by atoms with Crippen LogP contribution in [-0.4, -0.2) is 291 Å². The first-order valence-electron chi connectivity index (χ1n) is 43.8. The minimum absolute atomic E-state index is 0.0198. The van der Waals surface area contributed by atoms with E-state index in [0.29, 0.717) is 12.4 Å². The molecule has 5 saturated carbocycles. The summed E-state index contributed by atoms with van der Waals surface area (Å²) in [5.74, 6) is -20.4. The number of hydrogen-bond acceptors (Lipinski definition) is 29. The smallest absolute Gasteiger partial charge is 0.326 e. The van der Waals surface area contributed by atoms with E-state index in [2.05, 4.69) is 54.2 Å². The molecule has 41 heteroatoms. The monoisotopic (exact) mass is 1820 g/mol. The number of aliphatic hydroxyl groups is 9. The summed E-state index contributed by atoms with van der Waals surface area (Å²) in [5, 5.41) is 140. The molecule has 7 amide bonds. The van der Waals surface area contributed by atoms with Crippen LogP contribution in [0, 0.1) is 53.3 Å². The van der Waals surface area contributed by atoms with Gasteiger partial charge in [-0.25, -0.2) is 17.9 Å². The number of benzene rings is 2. The van der Waals surface area contributed by atoms with Gasteiger partial charge in [0.15, 0.2) is 17.8 Å². The van der Waals surface area contributed by atoms with Crippen molar-refractivity contribution in [2.75, 3.05) is 39.9 Å². The van der Waals surface area contributed by atoms with Crippen LogP contribution in [0.3, 0.4) is 0 Å². The van der Waals surface area contributed by atoms with E-state index < -0.39 is 281 Å². The van der Waals surface area contributed by atoms with Gasteiger partial charge in [0.25, 0.3) is 0 Å². The van der Waals surface area contributed by atoms with Crippen LogP contribution in [0.5, 0.6) is 23.0 Å². The first kappa shape index (κ1) is 98.6. The van der Waals surface area contributed by atoms with Gasteiger partial charge in [-0.1, -0.05) is 33.6 Å². The van der Waals surface area contributed by atoms with Gasteiger partial charge in [-0.2, -0.15) is 0 Å². The second-order valence-corrected chi connectivity index (χ2v) is 39.2. The van der Waals surface area contributed by atoms with E-state index in [1.807, 2.05) is 13.8 Å². The molecule has 2 aromatic rings. The number of nitrogens with two attached hydrogens (primary N) is 2. The highest BCUT2D eigenvalue weighted by Crippen LogP contribution is 2.51. The third-order valence-electron chi connectivity index (χ3n) is 26.8. The Hall–Kier alpha value is -7.00. The van der Waals surface area contributed by atoms with Crippen LogP contribution in [0.4, 0.5) is 0 Å². The zero-order valence-electron chi connectivity index (χ0n) is 71.1. The summed E-state index contributed by atoms with van der Waals surface area (Å²) in [6, 6.07) is -4.84. The number of Topliss-reactive ketones (excluding diaryl/α,β-unsaturated/α-hetero) is 1. The van der Waals surface area contributed by atoms with Crippen LogP contribution >= 0.6 is 23.2 Å².